The summed E-state index contributed by atoms with van der Waals surface area (Å²) in [7, 11) is 0. The van der Waals surface area contributed by atoms with Crippen LogP contribution >= 0.6 is 0 Å². The Morgan fingerprint density at radius 2 is 1.67 bits per heavy atom. The average molecular weight is 372 g/mol. The van der Waals surface area contributed by atoms with E-state index in [2.05, 4.69) is 10.3 Å². The number of ether oxygens (including phenoxy) is 2. The number of nitrogens with one attached hydrogen (secondary N) is 2. The fraction of sp³-hybridized carbons (Fsp3) is 0.429. The first-order chi connectivity index (χ1) is 12.9. The molecule has 0 bridgehead atoms. The third-order valence-electron chi connectivity index (χ3n) is 4.14. The first kappa shape index (κ1) is 20.6. The molecule has 27 heavy (non-hydrogen) atoms. The number of carbonyl (C=O) groups excluding carboxylic acids is 2. The minimum atomic E-state index is -0.299. The van der Waals surface area contributed by atoms with Crippen molar-refractivity contribution in [2.75, 3.05) is 18.5 Å². The molecule has 0 atom stereocenters. The average Bonchev–Trinajstić information content (AvgIpc) is 2.93. The molecule has 0 saturated carbocycles. The predicted octanol–water partition coefficient (Wildman–Crippen LogP) is 4.66. The third kappa shape index (κ3) is 4.90. The molecule has 0 saturated heterocycles. The van der Waals surface area contributed by atoms with Gasteiger partial charge in [-0.05, 0) is 51.3 Å². The molecule has 146 valence electrons. The van der Waals surface area contributed by atoms with E-state index in [1.165, 1.54) is 6.92 Å². The lowest BCUT2D eigenvalue weighted by Gasteiger charge is -2.14. The van der Waals surface area contributed by atoms with Crippen molar-refractivity contribution in [3.8, 4) is 11.5 Å². The number of Topliss-reactive ketones (excluding diaryl/α,β-unsaturated/α-hetero) is 1. The maximum absolute atomic E-state index is 12.7. The Labute approximate surface area is 160 Å². The number of rotatable bonds is 9. The number of anilines is 1. The lowest BCUT2D eigenvalue weighted by atomic mass is 10.1. The first-order valence-electron chi connectivity index (χ1n) is 9.30. The molecular weight excluding hydrogens is 344 g/mol. The summed E-state index contributed by atoms with van der Waals surface area (Å²) in [6.45, 7) is 10.3. The molecule has 2 rings (SSSR count). The van der Waals surface area contributed by atoms with Crippen LogP contribution in [-0.2, 0) is 0 Å². The maximum Gasteiger partial charge on any atom is 0.272 e. The molecule has 1 aromatic carbocycles. The monoisotopic (exact) mass is 372 g/mol. The van der Waals surface area contributed by atoms with Gasteiger partial charge >= 0.3 is 0 Å². The fourth-order valence-corrected chi connectivity index (χ4v) is 2.94. The number of carbonyl (C=O) groups is 2. The largest absolute Gasteiger partial charge is 0.490 e. The van der Waals surface area contributed by atoms with Crippen LogP contribution in [-0.4, -0.2) is 29.9 Å². The van der Waals surface area contributed by atoms with E-state index in [-0.39, 0.29) is 11.7 Å². The van der Waals surface area contributed by atoms with Crippen LogP contribution in [0.5, 0.6) is 11.5 Å². The topological polar surface area (TPSA) is 80.4 Å². The first-order valence-corrected chi connectivity index (χ1v) is 9.30. The van der Waals surface area contributed by atoms with Crippen LogP contribution in [0.25, 0.3) is 0 Å². The highest BCUT2D eigenvalue weighted by molar-refractivity contribution is 6.07. The van der Waals surface area contributed by atoms with Gasteiger partial charge in [-0.3, -0.25) is 9.59 Å². The van der Waals surface area contributed by atoms with Crippen LogP contribution in [0.4, 0.5) is 5.69 Å². The van der Waals surface area contributed by atoms with Gasteiger partial charge in [0.15, 0.2) is 17.3 Å². The van der Waals surface area contributed by atoms with Crippen molar-refractivity contribution in [3.05, 3.63) is 40.7 Å². The number of aromatic nitrogens is 1. The SMILES string of the molecule is CCCOc1ccc(NC(=O)c2[nH]c(C)c(C(C)=O)c2C)cc1OCCC. The standard InChI is InChI=1S/C21H28N2O4/c1-6-10-26-17-9-8-16(12-18(17)27-11-7-2)23-21(25)20-13(3)19(15(5)24)14(4)22-20/h8-9,12,22H,6-7,10-11H2,1-5H3,(H,23,25). The number of benzene rings is 1. The Balaban J connectivity index is 2.24. The Kier molecular flexibility index (Phi) is 7.05. The summed E-state index contributed by atoms with van der Waals surface area (Å²) in [4.78, 5) is 27.5. The van der Waals surface area contributed by atoms with Gasteiger partial charge in [-0.15, -0.1) is 0 Å². The highest BCUT2D eigenvalue weighted by Gasteiger charge is 2.20. The summed E-state index contributed by atoms with van der Waals surface area (Å²) in [5.41, 5.74) is 2.91. The molecule has 2 N–H and O–H groups in total. The van der Waals surface area contributed by atoms with Crippen molar-refractivity contribution in [1.29, 1.82) is 0 Å². The molecule has 1 aromatic heterocycles. The molecule has 0 aliphatic heterocycles. The predicted molar refractivity (Wildman–Crippen MR) is 106 cm³/mol. The lowest BCUT2D eigenvalue weighted by Crippen LogP contribution is -2.14. The van der Waals surface area contributed by atoms with Crippen molar-refractivity contribution < 1.29 is 19.1 Å². The summed E-state index contributed by atoms with van der Waals surface area (Å²) in [5.74, 6) is 0.903. The van der Waals surface area contributed by atoms with E-state index in [1.54, 1.807) is 32.0 Å². The van der Waals surface area contributed by atoms with E-state index in [0.717, 1.165) is 12.8 Å². The van der Waals surface area contributed by atoms with Crippen molar-refractivity contribution in [2.24, 2.45) is 0 Å². The van der Waals surface area contributed by atoms with Crippen LogP contribution in [0.2, 0.25) is 0 Å². The van der Waals surface area contributed by atoms with Gasteiger partial charge in [0, 0.05) is 23.0 Å². The smallest absolute Gasteiger partial charge is 0.272 e. The molecule has 0 spiro atoms. The summed E-state index contributed by atoms with van der Waals surface area (Å²) in [5, 5.41) is 2.86. The van der Waals surface area contributed by atoms with Crippen molar-refractivity contribution >= 4 is 17.4 Å². The Bertz CT molecular complexity index is 824. The van der Waals surface area contributed by atoms with E-state index in [4.69, 9.17) is 9.47 Å². The van der Waals surface area contributed by atoms with Crippen molar-refractivity contribution in [1.82, 2.24) is 4.98 Å². The van der Waals surface area contributed by atoms with Gasteiger partial charge in [-0.1, -0.05) is 13.8 Å². The highest BCUT2D eigenvalue weighted by Crippen LogP contribution is 2.31. The van der Waals surface area contributed by atoms with Crippen LogP contribution in [0.15, 0.2) is 18.2 Å². The van der Waals surface area contributed by atoms with Crippen molar-refractivity contribution in [2.45, 2.75) is 47.5 Å². The van der Waals surface area contributed by atoms with E-state index in [0.29, 0.717) is 52.9 Å². The van der Waals surface area contributed by atoms with Crippen LogP contribution in [0.1, 0.15) is 65.7 Å². The van der Waals surface area contributed by atoms with Crippen LogP contribution in [0.3, 0.4) is 0 Å². The molecule has 1 amide bonds. The maximum atomic E-state index is 12.7. The summed E-state index contributed by atoms with van der Waals surface area (Å²) in [6, 6.07) is 5.33. The quantitative estimate of drug-likeness (QED) is 0.627. The summed E-state index contributed by atoms with van der Waals surface area (Å²) >= 11 is 0. The Hall–Kier alpha value is -2.76. The minimum absolute atomic E-state index is 0.0621. The molecule has 6 nitrogen and oxygen atoms in total. The molecule has 1 heterocycles. The second-order valence-electron chi connectivity index (χ2n) is 6.49. The van der Waals surface area contributed by atoms with Gasteiger partial charge in [-0.2, -0.15) is 0 Å². The number of ketones is 1. The summed E-state index contributed by atoms with van der Waals surface area (Å²) < 4.78 is 11.5. The van der Waals surface area contributed by atoms with Gasteiger partial charge in [0.2, 0.25) is 0 Å². The number of aromatic amines is 1. The lowest BCUT2D eigenvalue weighted by molar-refractivity contribution is 0.101. The van der Waals surface area contributed by atoms with Gasteiger partial charge in [0.1, 0.15) is 5.69 Å². The zero-order valence-electron chi connectivity index (χ0n) is 16.7. The van der Waals surface area contributed by atoms with E-state index >= 15 is 0 Å². The minimum Gasteiger partial charge on any atom is -0.490 e. The fourth-order valence-electron chi connectivity index (χ4n) is 2.94. The number of amides is 1. The molecule has 0 aliphatic carbocycles. The zero-order valence-corrected chi connectivity index (χ0v) is 16.7. The van der Waals surface area contributed by atoms with Crippen LogP contribution < -0.4 is 14.8 Å². The highest BCUT2D eigenvalue weighted by atomic mass is 16.5. The van der Waals surface area contributed by atoms with E-state index in [1.807, 2.05) is 13.8 Å². The third-order valence-corrected chi connectivity index (χ3v) is 4.14. The molecule has 2 aromatic rings. The van der Waals surface area contributed by atoms with E-state index < -0.39 is 0 Å². The molecular formula is C21H28N2O4. The number of hydrogen-bond donors (Lipinski definition) is 2. The van der Waals surface area contributed by atoms with E-state index in [9.17, 15) is 9.59 Å². The van der Waals surface area contributed by atoms with Gasteiger partial charge in [-0.25, -0.2) is 0 Å². The van der Waals surface area contributed by atoms with Crippen molar-refractivity contribution in [3.63, 3.8) is 0 Å². The molecule has 0 radical (unpaired) electrons. The molecule has 6 heteroatoms. The normalized spacial score (nSPS) is 10.6. The number of H-pyrrole nitrogens is 1. The summed E-state index contributed by atoms with van der Waals surface area (Å²) in [6.07, 6.45) is 1.77. The molecule has 0 aliphatic rings. The van der Waals surface area contributed by atoms with Gasteiger partial charge in [0.25, 0.3) is 5.91 Å². The molecule has 0 fully saturated rings. The second kappa shape index (κ2) is 9.26. The Morgan fingerprint density at radius 1 is 1.04 bits per heavy atom. The Morgan fingerprint density at radius 3 is 2.22 bits per heavy atom. The number of hydrogen-bond acceptors (Lipinski definition) is 4. The zero-order chi connectivity index (χ0) is 20.0. The second-order valence-corrected chi connectivity index (χ2v) is 6.49. The number of aryl methyl sites for hydroxylation is 1. The molecule has 0 unspecified atom stereocenters. The van der Waals surface area contributed by atoms with Gasteiger partial charge < -0.3 is 19.8 Å². The van der Waals surface area contributed by atoms with Crippen LogP contribution in [0, 0.1) is 13.8 Å². The van der Waals surface area contributed by atoms with Gasteiger partial charge in [0.05, 0.1) is 13.2 Å².